The summed E-state index contributed by atoms with van der Waals surface area (Å²) in [6.45, 7) is 3.30. The average molecular weight is 259 g/mol. The van der Waals surface area contributed by atoms with Crippen molar-refractivity contribution >= 4 is 17.9 Å². The van der Waals surface area contributed by atoms with Crippen molar-refractivity contribution in [2.45, 2.75) is 26.3 Å². The van der Waals surface area contributed by atoms with Crippen molar-refractivity contribution in [3.05, 3.63) is 0 Å². The quantitative estimate of drug-likeness (QED) is 0.701. The monoisotopic (exact) mass is 259 g/mol. The Kier molecular flexibility index (Phi) is 6.77. The predicted octanol–water partition coefficient (Wildman–Crippen LogP) is -0.0307. The van der Waals surface area contributed by atoms with Crippen molar-refractivity contribution in [2.75, 3.05) is 27.2 Å². The fourth-order valence-corrected chi connectivity index (χ4v) is 1.24. The van der Waals surface area contributed by atoms with Gasteiger partial charge in [-0.2, -0.15) is 0 Å². The molecule has 0 aliphatic carbocycles. The second-order valence-electron chi connectivity index (χ2n) is 4.39. The lowest BCUT2D eigenvalue weighted by atomic mass is 10.3. The van der Waals surface area contributed by atoms with Crippen LogP contribution in [0, 0.1) is 0 Å². The average Bonchev–Trinajstić information content (AvgIpc) is 2.24. The van der Waals surface area contributed by atoms with E-state index in [0.29, 0.717) is 0 Å². The second-order valence-corrected chi connectivity index (χ2v) is 4.39. The molecule has 0 aliphatic rings. The molecule has 0 aromatic rings. The zero-order valence-corrected chi connectivity index (χ0v) is 11.3. The smallest absolute Gasteiger partial charge is 0.323 e. The molecule has 0 aromatic carbocycles. The lowest BCUT2D eigenvalue weighted by Crippen LogP contribution is -2.47. The van der Waals surface area contributed by atoms with Crippen LogP contribution in [-0.2, 0) is 9.59 Å². The Morgan fingerprint density at radius 2 is 1.78 bits per heavy atom. The predicted molar refractivity (Wildman–Crippen MR) is 66.2 cm³/mol. The second kappa shape index (κ2) is 7.52. The van der Waals surface area contributed by atoms with E-state index in [1.165, 1.54) is 9.80 Å². The molecule has 0 heterocycles. The highest BCUT2D eigenvalue weighted by molar-refractivity contribution is 5.81. The van der Waals surface area contributed by atoms with Gasteiger partial charge in [0, 0.05) is 33.1 Å². The number of aliphatic carboxylic acids is 1. The summed E-state index contributed by atoms with van der Waals surface area (Å²) in [6, 6.07) is -0.690. The Bertz CT molecular complexity index is 315. The molecule has 0 aliphatic heterocycles. The van der Waals surface area contributed by atoms with Gasteiger partial charge in [-0.15, -0.1) is 0 Å². The van der Waals surface area contributed by atoms with Crippen molar-refractivity contribution in [3.8, 4) is 0 Å². The first-order valence-corrected chi connectivity index (χ1v) is 5.72. The van der Waals surface area contributed by atoms with Gasteiger partial charge in [0.25, 0.3) is 0 Å². The van der Waals surface area contributed by atoms with Crippen molar-refractivity contribution in [1.82, 2.24) is 15.1 Å². The van der Waals surface area contributed by atoms with E-state index in [2.05, 4.69) is 5.32 Å². The zero-order chi connectivity index (χ0) is 14.3. The van der Waals surface area contributed by atoms with Gasteiger partial charge in [-0.25, -0.2) is 4.79 Å². The minimum Gasteiger partial charge on any atom is -0.480 e. The van der Waals surface area contributed by atoms with Gasteiger partial charge >= 0.3 is 12.0 Å². The molecule has 0 bridgehead atoms. The van der Waals surface area contributed by atoms with Crippen LogP contribution >= 0.6 is 0 Å². The molecule has 0 rings (SSSR count). The lowest BCUT2D eigenvalue weighted by Gasteiger charge is -2.25. The molecule has 0 aromatic heterocycles. The summed E-state index contributed by atoms with van der Waals surface area (Å²) >= 11 is 0. The molecule has 0 saturated heterocycles. The number of nitrogens with one attached hydrogen (secondary N) is 1. The zero-order valence-electron chi connectivity index (χ0n) is 11.3. The third-order valence-corrected chi connectivity index (χ3v) is 2.30. The number of carbonyl (C=O) groups is 3. The molecule has 0 saturated carbocycles. The number of carbonyl (C=O) groups excluding carboxylic acids is 2. The first kappa shape index (κ1) is 16.2. The molecule has 18 heavy (non-hydrogen) atoms. The number of hydrogen-bond acceptors (Lipinski definition) is 3. The van der Waals surface area contributed by atoms with Crippen LogP contribution in [0.1, 0.15) is 20.3 Å². The Labute approximate surface area is 107 Å². The van der Waals surface area contributed by atoms with Crippen LogP contribution in [0.4, 0.5) is 4.79 Å². The molecule has 0 atom stereocenters. The van der Waals surface area contributed by atoms with Gasteiger partial charge in [0.05, 0.1) is 0 Å². The molecule has 0 radical (unpaired) electrons. The Hall–Kier alpha value is -1.79. The number of urea groups is 1. The maximum absolute atomic E-state index is 11.7. The van der Waals surface area contributed by atoms with Gasteiger partial charge in [-0.1, -0.05) is 0 Å². The minimum absolute atomic E-state index is 0.0929. The molecular weight excluding hydrogens is 238 g/mol. The van der Waals surface area contributed by atoms with Crippen molar-refractivity contribution in [3.63, 3.8) is 0 Å². The first-order chi connectivity index (χ1) is 8.25. The van der Waals surface area contributed by atoms with Crippen LogP contribution in [0.25, 0.3) is 0 Å². The number of nitrogens with zero attached hydrogens (tertiary/aromatic N) is 2. The maximum atomic E-state index is 11.7. The van der Waals surface area contributed by atoms with E-state index in [1.54, 1.807) is 27.9 Å². The molecule has 0 spiro atoms. The summed E-state index contributed by atoms with van der Waals surface area (Å²) in [6.07, 6.45) is 0.192. The van der Waals surface area contributed by atoms with E-state index >= 15 is 0 Å². The van der Waals surface area contributed by atoms with Gasteiger partial charge < -0.3 is 20.2 Å². The fourth-order valence-electron chi connectivity index (χ4n) is 1.24. The summed E-state index contributed by atoms with van der Waals surface area (Å²) < 4.78 is 0. The highest BCUT2D eigenvalue weighted by Crippen LogP contribution is 1.98. The highest BCUT2D eigenvalue weighted by Gasteiger charge is 2.19. The van der Waals surface area contributed by atoms with Crippen LogP contribution in [0.15, 0.2) is 0 Å². The SMILES string of the molecule is CC(C)N(CC(=O)O)C(=O)NCCC(=O)N(C)C. The van der Waals surface area contributed by atoms with Crippen LogP contribution < -0.4 is 5.32 Å². The van der Waals surface area contributed by atoms with Gasteiger partial charge in [0.1, 0.15) is 6.54 Å². The summed E-state index contributed by atoms with van der Waals surface area (Å²) in [5, 5.41) is 11.2. The van der Waals surface area contributed by atoms with Gasteiger partial charge in [-0.3, -0.25) is 9.59 Å². The van der Waals surface area contributed by atoms with Crippen molar-refractivity contribution in [1.29, 1.82) is 0 Å². The summed E-state index contributed by atoms with van der Waals surface area (Å²) in [4.78, 5) is 36.2. The number of carboxylic acids is 1. The highest BCUT2D eigenvalue weighted by atomic mass is 16.4. The third kappa shape index (κ3) is 6.07. The Balaban J connectivity index is 4.19. The molecular formula is C11H21N3O4. The van der Waals surface area contributed by atoms with E-state index in [4.69, 9.17) is 5.11 Å². The Morgan fingerprint density at radius 1 is 1.22 bits per heavy atom. The maximum Gasteiger partial charge on any atom is 0.323 e. The van der Waals surface area contributed by atoms with Crippen LogP contribution in [0.2, 0.25) is 0 Å². The van der Waals surface area contributed by atoms with E-state index in [1.807, 2.05) is 0 Å². The van der Waals surface area contributed by atoms with Crippen LogP contribution in [-0.4, -0.2) is 66.0 Å². The molecule has 7 heteroatoms. The third-order valence-electron chi connectivity index (χ3n) is 2.30. The molecule has 0 unspecified atom stereocenters. The van der Waals surface area contributed by atoms with Crippen LogP contribution in [0.5, 0.6) is 0 Å². The first-order valence-electron chi connectivity index (χ1n) is 5.72. The van der Waals surface area contributed by atoms with E-state index in [9.17, 15) is 14.4 Å². The number of hydrogen-bond donors (Lipinski definition) is 2. The minimum atomic E-state index is -1.07. The molecule has 104 valence electrons. The Morgan fingerprint density at radius 3 is 2.17 bits per heavy atom. The van der Waals surface area contributed by atoms with E-state index in [0.717, 1.165) is 0 Å². The lowest BCUT2D eigenvalue weighted by molar-refractivity contribution is -0.138. The molecule has 0 fully saturated rings. The molecule has 3 amide bonds. The molecule has 2 N–H and O–H groups in total. The summed E-state index contributed by atoms with van der Waals surface area (Å²) in [7, 11) is 3.27. The largest absolute Gasteiger partial charge is 0.480 e. The normalized spacial score (nSPS) is 10.1. The van der Waals surface area contributed by atoms with E-state index < -0.39 is 12.0 Å². The van der Waals surface area contributed by atoms with Crippen LogP contribution in [0.3, 0.4) is 0 Å². The van der Waals surface area contributed by atoms with Gasteiger partial charge in [0.15, 0.2) is 0 Å². The number of carboxylic acid groups (broad SMARTS) is 1. The topological polar surface area (TPSA) is 90.0 Å². The number of amides is 3. The van der Waals surface area contributed by atoms with Gasteiger partial charge in [-0.05, 0) is 13.8 Å². The fraction of sp³-hybridized carbons (Fsp3) is 0.727. The summed E-state index contributed by atoms with van der Waals surface area (Å²) in [5.41, 5.74) is 0. The van der Waals surface area contributed by atoms with Crippen molar-refractivity contribution in [2.24, 2.45) is 0 Å². The van der Waals surface area contributed by atoms with Gasteiger partial charge in [0.2, 0.25) is 5.91 Å². The molecule has 7 nitrogen and oxygen atoms in total. The standard InChI is InChI=1S/C11H21N3O4/c1-8(2)14(7-10(16)17)11(18)12-6-5-9(15)13(3)4/h8H,5-7H2,1-4H3,(H,12,18)(H,16,17). The van der Waals surface area contributed by atoms with Crippen molar-refractivity contribution < 1.29 is 19.5 Å². The number of rotatable bonds is 6. The van der Waals surface area contributed by atoms with E-state index in [-0.39, 0.29) is 31.5 Å². The summed E-state index contributed by atoms with van der Waals surface area (Å²) in [5.74, 6) is -1.16.